The van der Waals surface area contributed by atoms with Gasteiger partial charge in [0.1, 0.15) is 16.4 Å². The Morgan fingerprint density at radius 2 is 2.07 bits per heavy atom. The highest BCUT2D eigenvalue weighted by molar-refractivity contribution is 7.21. The Hall–Kier alpha value is -2.49. The average molecular weight is 413 g/mol. The largest absolute Gasteiger partial charge is 0.378 e. The summed E-state index contributed by atoms with van der Waals surface area (Å²) in [5.74, 6) is 1.19. The minimum absolute atomic E-state index is 0.165. The predicted molar refractivity (Wildman–Crippen MR) is 116 cm³/mol. The molecule has 0 unspecified atom stereocenters. The zero-order valence-corrected chi connectivity index (χ0v) is 17.1. The Kier molecular flexibility index (Phi) is 4.94. The van der Waals surface area contributed by atoms with Gasteiger partial charge in [-0.2, -0.15) is 4.98 Å². The summed E-state index contributed by atoms with van der Waals surface area (Å²) in [5.41, 5.74) is 1.25. The molecule has 2 aromatic heterocycles. The highest BCUT2D eigenvalue weighted by Gasteiger charge is 2.26. The Morgan fingerprint density at radius 1 is 1.24 bits per heavy atom. The van der Waals surface area contributed by atoms with E-state index in [1.165, 1.54) is 11.3 Å². The third-order valence-corrected chi connectivity index (χ3v) is 6.47. The molecule has 4 heterocycles. The molecule has 8 nitrogen and oxygen atoms in total. The van der Waals surface area contributed by atoms with Crippen molar-refractivity contribution in [3.05, 3.63) is 34.6 Å². The van der Waals surface area contributed by atoms with E-state index < -0.39 is 0 Å². The van der Waals surface area contributed by atoms with Crippen molar-refractivity contribution in [2.24, 2.45) is 0 Å². The van der Waals surface area contributed by atoms with E-state index in [9.17, 15) is 4.79 Å². The average Bonchev–Trinajstić information content (AvgIpc) is 3.34. The van der Waals surface area contributed by atoms with Crippen molar-refractivity contribution >= 4 is 33.3 Å². The maximum absolute atomic E-state index is 13.2. The van der Waals surface area contributed by atoms with E-state index in [2.05, 4.69) is 27.4 Å². The van der Waals surface area contributed by atoms with Gasteiger partial charge in [-0.25, -0.2) is 4.98 Å². The lowest BCUT2D eigenvalue weighted by atomic mass is 10.2. The van der Waals surface area contributed by atoms with Gasteiger partial charge < -0.3 is 20.3 Å². The molecular weight excluding hydrogens is 388 g/mol. The summed E-state index contributed by atoms with van der Waals surface area (Å²) in [5, 5.41) is 7.65. The zero-order chi connectivity index (χ0) is 19.8. The van der Waals surface area contributed by atoms with E-state index in [1.807, 2.05) is 24.3 Å². The maximum Gasteiger partial charge on any atom is 0.264 e. The van der Waals surface area contributed by atoms with Gasteiger partial charge in [0.15, 0.2) is 0 Å². The van der Waals surface area contributed by atoms with Gasteiger partial charge in [0.05, 0.1) is 23.4 Å². The molecule has 3 N–H and O–H groups in total. The van der Waals surface area contributed by atoms with Crippen LogP contribution in [0.3, 0.4) is 0 Å². The Morgan fingerprint density at radius 3 is 2.83 bits per heavy atom. The number of nitrogens with zero attached hydrogens (tertiary/aromatic N) is 3. The number of aromatic amines is 1. The fourth-order valence-electron chi connectivity index (χ4n) is 3.91. The number of aromatic nitrogens is 3. The Labute approximate surface area is 172 Å². The van der Waals surface area contributed by atoms with Crippen molar-refractivity contribution in [1.29, 1.82) is 0 Å². The molecule has 152 valence electrons. The summed E-state index contributed by atoms with van der Waals surface area (Å²) in [6.07, 6.45) is 0.987. The number of anilines is 2. The van der Waals surface area contributed by atoms with Gasteiger partial charge in [-0.15, -0.1) is 11.3 Å². The number of para-hydroxylation sites is 1. The molecule has 2 atom stereocenters. The molecule has 0 radical (unpaired) electrons. The molecule has 0 saturated carbocycles. The summed E-state index contributed by atoms with van der Waals surface area (Å²) in [6.45, 7) is 5.71. The number of fused-ring (bicyclic) bond motifs is 1. The minimum atomic E-state index is -0.165. The normalized spacial score (nSPS) is 22.3. The van der Waals surface area contributed by atoms with Crippen LogP contribution in [0.2, 0.25) is 0 Å². The van der Waals surface area contributed by atoms with Gasteiger partial charge in [0.2, 0.25) is 5.95 Å². The molecule has 5 rings (SSSR count). The Balaban J connectivity index is 1.58. The topological polar surface area (TPSA) is 95.2 Å². The maximum atomic E-state index is 13.2. The first-order chi connectivity index (χ1) is 14.2. The molecular formula is C20H24N6O2S. The number of hydrogen-bond acceptors (Lipinski definition) is 8. The summed E-state index contributed by atoms with van der Waals surface area (Å²) in [7, 11) is 0. The number of H-pyrrole nitrogens is 1. The number of morpholine rings is 1. The van der Waals surface area contributed by atoms with Gasteiger partial charge >= 0.3 is 0 Å². The number of hydrogen-bond donors (Lipinski definition) is 3. The lowest BCUT2D eigenvalue weighted by molar-refractivity contribution is 0.122. The second-order valence-corrected chi connectivity index (χ2v) is 8.62. The minimum Gasteiger partial charge on any atom is -0.378 e. The van der Waals surface area contributed by atoms with E-state index in [4.69, 9.17) is 14.7 Å². The fourth-order valence-corrected chi connectivity index (χ4v) is 4.92. The van der Waals surface area contributed by atoms with Crippen molar-refractivity contribution in [3.8, 4) is 10.6 Å². The number of benzene rings is 1. The van der Waals surface area contributed by atoms with E-state index in [0.717, 1.165) is 23.2 Å². The monoisotopic (exact) mass is 412 g/mol. The van der Waals surface area contributed by atoms with Crippen molar-refractivity contribution in [2.45, 2.75) is 25.4 Å². The SMILES string of the molecule is C[C@@H]1C[C@@H](Nc2nc(N3CCOCC3)[nH]c(=O)c2-c2nc3ccccc3s2)CN1. The van der Waals surface area contributed by atoms with Crippen LogP contribution in [0.25, 0.3) is 20.8 Å². The van der Waals surface area contributed by atoms with Crippen molar-refractivity contribution in [1.82, 2.24) is 20.3 Å². The molecule has 0 amide bonds. The predicted octanol–water partition coefficient (Wildman–Crippen LogP) is 2.05. The number of ether oxygens (including phenoxy) is 1. The van der Waals surface area contributed by atoms with Gasteiger partial charge in [0, 0.05) is 31.7 Å². The number of thiazole rings is 1. The first-order valence-electron chi connectivity index (χ1n) is 10.0. The second kappa shape index (κ2) is 7.74. The second-order valence-electron chi connectivity index (χ2n) is 7.59. The molecule has 9 heteroatoms. The molecule has 1 aromatic carbocycles. The standard InChI is InChI=1S/C20H24N6O2S/c1-12-10-13(11-21-12)22-17-16(19-23-14-4-2-3-5-15(14)29-19)18(27)25-20(24-17)26-6-8-28-9-7-26/h2-5,12-13,21H,6-11H2,1H3,(H2,22,24,25,27)/t12-,13-/m1/s1. The summed E-state index contributed by atoms with van der Waals surface area (Å²) >= 11 is 1.52. The van der Waals surface area contributed by atoms with Crippen LogP contribution in [-0.4, -0.2) is 59.9 Å². The van der Waals surface area contributed by atoms with Crippen molar-refractivity contribution in [2.75, 3.05) is 43.1 Å². The molecule has 2 aliphatic heterocycles. The van der Waals surface area contributed by atoms with Crippen LogP contribution in [-0.2, 0) is 4.74 Å². The third-order valence-electron chi connectivity index (χ3n) is 5.42. The van der Waals surface area contributed by atoms with Gasteiger partial charge in [0.25, 0.3) is 5.56 Å². The molecule has 2 fully saturated rings. The molecule has 2 saturated heterocycles. The molecule has 0 spiro atoms. The van der Waals surface area contributed by atoms with Gasteiger partial charge in [-0.1, -0.05) is 12.1 Å². The van der Waals surface area contributed by atoms with Crippen LogP contribution >= 0.6 is 11.3 Å². The number of nitrogens with one attached hydrogen (secondary N) is 3. The van der Waals surface area contributed by atoms with E-state index in [-0.39, 0.29) is 11.6 Å². The van der Waals surface area contributed by atoms with E-state index in [0.29, 0.717) is 54.7 Å². The van der Waals surface area contributed by atoms with Crippen molar-refractivity contribution in [3.63, 3.8) is 0 Å². The smallest absolute Gasteiger partial charge is 0.264 e. The highest BCUT2D eigenvalue weighted by Crippen LogP contribution is 2.32. The lowest BCUT2D eigenvalue weighted by Crippen LogP contribution is -2.38. The van der Waals surface area contributed by atoms with Crippen molar-refractivity contribution < 1.29 is 4.74 Å². The first kappa shape index (κ1) is 18.5. The lowest BCUT2D eigenvalue weighted by Gasteiger charge is -2.28. The molecule has 3 aromatic rings. The first-order valence-corrected chi connectivity index (χ1v) is 10.8. The van der Waals surface area contributed by atoms with E-state index >= 15 is 0 Å². The molecule has 2 aliphatic rings. The van der Waals surface area contributed by atoms with Crippen LogP contribution in [0.5, 0.6) is 0 Å². The van der Waals surface area contributed by atoms with Gasteiger partial charge in [-0.05, 0) is 25.5 Å². The molecule has 0 aliphatic carbocycles. The summed E-state index contributed by atoms with van der Waals surface area (Å²) in [4.78, 5) is 27.8. The fraction of sp³-hybridized carbons (Fsp3) is 0.450. The quantitative estimate of drug-likeness (QED) is 0.604. The third kappa shape index (κ3) is 3.73. The molecule has 0 bridgehead atoms. The summed E-state index contributed by atoms with van der Waals surface area (Å²) in [6, 6.07) is 8.61. The van der Waals surface area contributed by atoms with Crippen LogP contribution < -0.4 is 21.1 Å². The summed E-state index contributed by atoms with van der Waals surface area (Å²) < 4.78 is 6.49. The van der Waals surface area contributed by atoms with Crippen LogP contribution in [0.4, 0.5) is 11.8 Å². The Bertz CT molecular complexity index is 1040. The zero-order valence-electron chi connectivity index (χ0n) is 16.3. The van der Waals surface area contributed by atoms with Gasteiger partial charge in [-0.3, -0.25) is 9.78 Å². The van der Waals surface area contributed by atoms with Crippen LogP contribution in [0.1, 0.15) is 13.3 Å². The highest BCUT2D eigenvalue weighted by atomic mass is 32.1. The van der Waals surface area contributed by atoms with Crippen LogP contribution in [0.15, 0.2) is 29.1 Å². The van der Waals surface area contributed by atoms with E-state index in [1.54, 1.807) is 0 Å². The molecule has 29 heavy (non-hydrogen) atoms. The number of rotatable bonds is 4. The van der Waals surface area contributed by atoms with Crippen LogP contribution in [0, 0.1) is 0 Å².